The molecule has 0 amide bonds. The first-order valence-electron chi connectivity index (χ1n) is 4.49. The van der Waals surface area contributed by atoms with Crippen LogP contribution in [0.5, 0.6) is 0 Å². The van der Waals surface area contributed by atoms with Crippen LogP contribution in [-0.2, 0) is 4.79 Å². The maximum absolute atomic E-state index is 10.7. The third-order valence-electron chi connectivity index (χ3n) is 1.45. The second-order valence-corrected chi connectivity index (χ2v) is 3.39. The van der Waals surface area contributed by atoms with Crippen LogP contribution in [0.25, 0.3) is 0 Å². The highest BCUT2D eigenvalue weighted by Crippen LogP contribution is 2.08. The van der Waals surface area contributed by atoms with Crippen molar-refractivity contribution < 1.29 is 4.79 Å². The average molecular weight is 191 g/mol. The van der Waals surface area contributed by atoms with E-state index in [9.17, 15) is 4.79 Å². The van der Waals surface area contributed by atoms with Gasteiger partial charge in [0.15, 0.2) is 5.78 Å². The van der Waals surface area contributed by atoms with E-state index in [-0.39, 0.29) is 5.78 Å². The molecule has 0 unspecified atom stereocenters. The zero-order chi connectivity index (χ0) is 11.1. The molecule has 0 bridgehead atoms. The van der Waals surface area contributed by atoms with E-state index < -0.39 is 0 Å². The van der Waals surface area contributed by atoms with Crippen LogP contribution in [0, 0.1) is 0 Å². The van der Waals surface area contributed by atoms with Crippen molar-refractivity contribution >= 4 is 11.5 Å². The Labute approximate surface area is 85.7 Å². The third kappa shape index (κ3) is 6.12. The molecule has 0 heterocycles. The number of ketones is 1. The molecule has 0 aromatic heterocycles. The summed E-state index contributed by atoms with van der Waals surface area (Å²) in [5.74, 6) is 0.0225. The van der Waals surface area contributed by atoms with Gasteiger partial charge >= 0.3 is 0 Å². The molecule has 0 aliphatic heterocycles. The number of allylic oxidation sites excluding steroid dienone is 4. The minimum atomic E-state index is 0.0225. The van der Waals surface area contributed by atoms with Gasteiger partial charge in [0.25, 0.3) is 0 Å². The number of rotatable bonds is 4. The monoisotopic (exact) mass is 191 g/mol. The molecule has 14 heavy (non-hydrogen) atoms. The smallest absolute Gasteiger partial charge is 0.152 e. The SMILES string of the molecule is C=C(C)C(/C=C\C(C)=O)=C\N=C(C)C. The van der Waals surface area contributed by atoms with Gasteiger partial charge in [-0.1, -0.05) is 6.58 Å². The molecule has 0 radical (unpaired) electrons. The van der Waals surface area contributed by atoms with Crippen LogP contribution in [0.15, 0.2) is 41.1 Å². The van der Waals surface area contributed by atoms with E-state index in [0.29, 0.717) is 0 Å². The van der Waals surface area contributed by atoms with Gasteiger partial charge in [0, 0.05) is 11.9 Å². The molecule has 0 atom stereocenters. The number of carbonyl (C=O) groups excluding carboxylic acids is 1. The summed E-state index contributed by atoms with van der Waals surface area (Å²) in [5, 5.41) is 0. The molecule has 76 valence electrons. The van der Waals surface area contributed by atoms with E-state index in [1.165, 1.54) is 13.0 Å². The number of nitrogens with zero attached hydrogens (tertiary/aromatic N) is 1. The molecule has 2 nitrogen and oxygen atoms in total. The molecular weight excluding hydrogens is 174 g/mol. The van der Waals surface area contributed by atoms with Gasteiger partial charge in [0.1, 0.15) is 0 Å². The summed E-state index contributed by atoms with van der Waals surface area (Å²) in [6, 6.07) is 0. The Kier molecular flexibility index (Phi) is 5.46. The molecule has 0 spiro atoms. The molecule has 0 aliphatic carbocycles. The first kappa shape index (κ1) is 12.6. The second-order valence-electron chi connectivity index (χ2n) is 3.39. The van der Waals surface area contributed by atoms with Gasteiger partial charge in [-0.05, 0) is 51.0 Å². The van der Waals surface area contributed by atoms with Gasteiger partial charge in [-0.25, -0.2) is 0 Å². The van der Waals surface area contributed by atoms with Gasteiger partial charge in [-0.3, -0.25) is 9.79 Å². The Morgan fingerprint density at radius 1 is 1.14 bits per heavy atom. The van der Waals surface area contributed by atoms with Crippen LogP contribution in [-0.4, -0.2) is 11.5 Å². The Morgan fingerprint density at radius 2 is 1.71 bits per heavy atom. The minimum Gasteiger partial charge on any atom is -0.295 e. The number of aliphatic imine (C=N–C) groups is 1. The summed E-state index contributed by atoms with van der Waals surface area (Å²) < 4.78 is 0. The van der Waals surface area contributed by atoms with E-state index in [1.54, 1.807) is 12.3 Å². The van der Waals surface area contributed by atoms with Crippen molar-refractivity contribution in [1.82, 2.24) is 0 Å². The second kappa shape index (κ2) is 6.08. The molecule has 0 N–H and O–H groups in total. The van der Waals surface area contributed by atoms with Crippen LogP contribution in [0.3, 0.4) is 0 Å². The largest absolute Gasteiger partial charge is 0.295 e. The van der Waals surface area contributed by atoms with Gasteiger partial charge in [-0.2, -0.15) is 0 Å². The topological polar surface area (TPSA) is 29.4 Å². The van der Waals surface area contributed by atoms with E-state index in [0.717, 1.165) is 16.9 Å². The zero-order valence-corrected chi connectivity index (χ0v) is 9.29. The van der Waals surface area contributed by atoms with Crippen molar-refractivity contribution in [2.75, 3.05) is 0 Å². The zero-order valence-electron chi connectivity index (χ0n) is 9.29. The maximum atomic E-state index is 10.7. The lowest BCUT2D eigenvalue weighted by atomic mass is 10.1. The fraction of sp³-hybridized carbons (Fsp3) is 0.333. The summed E-state index contributed by atoms with van der Waals surface area (Å²) in [6.07, 6.45) is 4.97. The predicted octanol–water partition coefficient (Wildman–Crippen LogP) is 3.07. The Hall–Kier alpha value is -1.44. The number of hydrogen-bond acceptors (Lipinski definition) is 2. The number of carbonyl (C=O) groups is 1. The van der Waals surface area contributed by atoms with Crippen molar-refractivity contribution in [2.24, 2.45) is 4.99 Å². The summed E-state index contributed by atoms with van der Waals surface area (Å²) in [4.78, 5) is 14.9. The standard InChI is InChI=1S/C12H17NO/c1-9(2)12(7-6-11(5)14)8-13-10(3)4/h6-8H,1H2,2-5H3/b7-6-,12-8-. The van der Waals surface area contributed by atoms with Crippen molar-refractivity contribution in [1.29, 1.82) is 0 Å². The first-order chi connectivity index (χ1) is 6.43. The fourth-order valence-electron chi connectivity index (χ4n) is 0.701. The highest BCUT2D eigenvalue weighted by Gasteiger charge is 1.92. The van der Waals surface area contributed by atoms with E-state index in [4.69, 9.17) is 0 Å². The van der Waals surface area contributed by atoms with Crippen LogP contribution in [0.2, 0.25) is 0 Å². The van der Waals surface area contributed by atoms with Crippen LogP contribution >= 0.6 is 0 Å². The summed E-state index contributed by atoms with van der Waals surface area (Å²) in [6.45, 7) is 11.0. The lowest BCUT2D eigenvalue weighted by Crippen LogP contribution is -1.85. The van der Waals surface area contributed by atoms with Crippen molar-refractivity contribution in [3.8, 4) is 0 Å². The van der Waals surface area contributed by atoms with Gasteiger partial charge in [0.05, 0.1) is 0 Å². The van der Waals surface area contributed by atoms with Crippen LogP contribution < -0.4 is 0 Å². The lowest BCUT2D eigenvalue weighted by Gasteiger charge is -1.97. The van der Waals surface area contributed by atoms with Gasteiger partial charge in [-0.15, -0.1) is 0 Å². The average Bonchev–Trinajstić information content (AvgIpc) is 2.02. The van der Waals surface area contributed by atoms with Crippen LogP contribution in [0.1, 0.15) is 27.7 Å². The predicted molar refractivity (Wildman–Crippen MR) is 61.5 cm³/mol. The Morgan fingerprint density at radius 3 is 2.07 bits per heavy atom. The fourth-order valence-corrected chi connectivity index (χ4v) is 0.701. The van der Waals surface area contributed by atoms with E-state index >= 15 is 0 Å². The molecule has 0 saturated carbocycles. The van der Waals surface area contributed by atoms with Crippen molar-refractivity contribution in [3.63, 3.8) is 0 Å². The molecule has 0 saturated heterocycles. The van der Waals surface area contributed by atoms with Crippen molar-refractivity contribution in [2.45, 2.75) is 27.7 Å². The highest BCUT2D eigenvalue weighted by atomic mass is 16.1. The van der Waals surface area contributed by atoms with Gasteiger partial charge < -0.3 is 0 Å². The van der Waals surface area contributed by atoms with E-state index in [2.05, 4.69) is 11.6 Å². The maximum Gasteiger partial charge on any atom is 0.152 e. The third-order valence-corrected chi connectivity index (χ3v) is 1.45. The van der Waals surface area contributed by atoms with Crippen molar-refractivity contribution in [3.05, 3.63) is 36.1 Å². The molecule has 0 rings (SSSR count). The Bertz CT molecular complexity index is 315. The quantitative estimate of drug-likeness (QED) is 0.381. The Balaban J connectivity index is 4.79. The number of hydrogen-bond donors (Lipinski definition) is 0. The normalized spacial score (nSPS) is 11.6. The summed E-state index contributed by atoms with van der Waals surface area (Å²) in [7, 11) is 0. The minimum absolute atomic E-state index is 0.0225. The lowest BCUT2D eigenvalue weighted by molar-refractivity contribution is -0.112. The molecule has 0 aromatic rings. The molecular formula is C12H17NO. The highest BCUT2D eigenvalue weighted by molar-refractivity contribution is 5.88. The summed E-state index contributed by atoms with van der Waals surface area (Å²) >= 11 is 0. The molecule has 0 fully saturated rings. The molecule has 0 aliphatic rings. The van der Waals surface area contributed by atoms with Crippen LogP contribution in [0.4, 0.5) is 0 Å². The van der Waals surface area contributed by atoms with Gasteiger partial charge in [0.2, 0.25) is 0 Å². The molecule has 0 aromatic carbocycles. The summed E-state index contributed by atoms with van der Waals surface area (Å²) in [5.41, 5.74) is 2.74. The van der Waals surface area contributed by atoms with E-state index in [1.807, 2.05) is 20.8 Å². The molecule has 2 heteroatoms. The first-order valence-corrected chi connectivity index (χ1v) is 4.49.